The molecular weight excluding hydrogens is 596 g/mol. The topological polar surface area (TPSA) is 179 Å². The Balaban J connectivity index is 1.44. The molecule has 2 aromatic rings. The third-order valence-electron chi connectivity index (χ3n) is 6.76. The molecule has 0 aromatic heterocycles. The predicted octanol–water partition coefficient (Wildman–Crippen LogP) is 3.26. The van der Waals surface area contributed by atoms with Crippen LogP contribution in [0.1, 0.15) is 94.1 Å². The first-order valence-electron chi connectivity index (χ1n) is 14.3. The van der Waals surface area contributed by atoms with Crippen LogP contribution < -0.4 is 10.6 Å². The van der Waals surface area contributed by atoms with Crippen molar-refractivity contribution in [3.63, 3.8) is 0 Å². The van der Waals surface area contributed by atoms with Gasteiger partial charge in [0.25, 0.3) is 0 Å². The second kappa shape index (κ2) is 12.5. The summed E-state index contributed by atoms with van der Waals surface area (Å²) >= 11 is 0. The van der Waals surface area contributed by atoms with Gasteiger partial charge in [-0.3, -0.25) is 28.8 Å². The summed E-state index contributed by atoms with van der Waals surface area (Å²) in [5.41, 5.74) is -0.763. The lowest BCUT2D eigenvalue weighted by molar-refractivity contribution is -0.120. The molecule has 0 saturated carbocycles. The van der Waals surface area contributed by atoms with Crippen molar-refractivity contribution in [2.75, 3.05) is 13.1 Å². The van der Waals surface area contributed by atoms with E-state index in [4.69, 9.17) is 9.47 Å². The molecule has 2 atom stereocenters. The van der Waals surface area contributed by atoms with Crippen LogP contribution in [0.15, 0.2) is 36.4 Å². The average molecular weight is 629 g/mol. The van der Waals surface area contributed by atoms with Crippen molar-refractivity contribution >= 4 is 46.9 Å². The second-order valence-electron chi connectivity index (χ2n) is 12.7. The highest BCUT2D eigenvalue weighted by molar-refractivity contribution is 6.36. The first kappa shape index (κ1) is 33.5. The Labute approximate surface area is 264 Å². The standard InChI is InChI=1S/C34H32N2O10/c1-33(2,3)45-31(43)35-15-23(37)25-27(39)19-11-9-17(13-21(19)29(25)41)7-8-18-10-12-20-22(14-18)30(42)26(28(20)40)24(38)16-36-32(44)46-34(4,5)6/h9-14,25-26H,15-16H2,1-6H3,(H,35,43)(H,36,44). The van der Waals surface area contributed by atoms with Crippen molar-refractivity contribution in [2.45, 2.75) is 52.7 Å². The molecule has 0 saturated heterocycles. The van der Waals surface area contributed by atoms with E-state index in [0.717, 1.165) is 0 Å². The number of carbonyl (C=O) groups excluding carboxylic acids is 8. The van der Waals surface area contributed by atoms with E-state index in [1.807, 2.05) is 0 Å². The summed E-state index contributed by atoms with van der Waals surface area (Å²) in [5.74, 6) is -1.85. The van der Waals surface area contributed by atoms with Crippen LogP contribution in [0.3, 0.4) is 0 Å². The van der Waals surface area contributed by atoms with Crippen LogP contribution in [0.25, 0.3) is 0 Å². The number of ether oxygens (including phenoxy) is 2. The molecule has 0 aliphatic heterocycles. The number of alkyl carbamates (subject to hydrolysis) is 2. The number of ketones is 6. The van der Waals surface area contributed by atoms with E-state index in [-0.39, 0.29) is 22.3 Å². The Hall–Kier alpha value is -5.44. The van der Waals surface area contributed by atoms with Crippen LogP contribution >= 0.6 is 0 Å². The predicted molar refractivity (Wildman–Crippen MR) is 162 cm³/mol. The van der Waals surface area contributed by atoms with Gasteiger partial charge in [0.1, 0.15) is 23.0 Å². The van der Waals surface area contributed by atoms with Crippen LogP contribution in [-0.2, 0) is 19.1 Å². The molecule has 12 nitrogen and oxygen atoms in total. The maximum absolute atomic E-state index is 13.0. The Bertz CT molecular complexity index is 1650. The first-order chi connectivity index (χ1) is 21.4. The van der Waals surface area contributed by atoms with Gasteiger partial charge in [-0.25, -0.2) is 9.59 Å². The van der Waals surface area contributed by atoms with Gasteiger partial charge in [-0.2, -0.15) is 0 Å². The highest BCUT2D eigenvalue weighted by Crippen LogP contribution is 2.30. The molecule has 238 valence electrons. The van der Waals surface area contributed by atoms with Gasteiger partial charge in [0, 0.05) is 33.4 Å². The minimum atomic E-state index is -1.59. The van der Waals surface area contributed by atoms with Crippen LogP contribution in [0.2, 0.25) is 0 Å². The molecule has 2 aliphatic carbocycles. The Morgan fingerprint density at radius 2 is 0.913 bits per heavy atom. The zero-order valence-corrected chi connectivity index (χ0v) is 26.1. The van der Waals surface area contributed by atoms with Crippen molar-refractivity contribution in [2.24, 2.45) is 11.8 Å². The van der Waals surface area contributed by atoms with Crippen molar-refractivity contribution in [3.8, 4) is 11.8 Å². The van der Waals surface area contributed by atoms with E-state index < -0.39 is 83.0 Å². The monoisotopic (exact) mass is 628 g/mol. The number of rotatable bonds is 6. The summed E-state index contributed by atoms with van der Waals surface area (Å²) < 4.78 is 10.1. The summed E-state index contributed by atoms with van der Waals surface area (Å²) in [6.45, 7) is 8.75. The molecule has 46 heavy (non-hydrogen) atoms. The molecule has 12 heteroatoms. The number of nitrogens with one attached hydrogen (secondary N) is 2. The molecule has 2 aliphatic rings. The lowest BCUT2D eigenvalue weighted by atomic mass is 9.98. The maximum Gasteiger partial charge on any atom is 0.408 e. The van der Waals surface area contributed by atoms with Gasteiger partial charge in [-0.05, 0) is 77.9 Å². The fourth-order valence-corrected chi connectivity index (χ4v) is 4.82. The lowest BCUT2D eigenvalue weighted by Gasteiger charge is -2.19. The molecule has 0 heterocycles. The zero-order chi connectivity index (χ0) is 34.1. The summed E-state index contributed by atoms with van der Waals surface area (Å²) in [7, 11) is 0. The molecule has 2 amide bonds. The van der Waals surface area contributed by atoms with E-state index in [1.165, 1.54) is 36.4 Å². The molecular formula is C34H32N2O10. The van der Waals surface area contributed by atoms with Gasteiger partial charge in [0.05, 0.1) is 13.1 Å². The zero-order valence-electron chi connectivity index (χ0n) is 26.1. The normalized spacial score (nSPS) is 17.0. The van der Waals surface area contributed by atoms with Crippen LogP contribution in [0, 0.1) is 23.7 Å². The molecule has 4 rings (SSSR count). The number of benzene rings is 2. The number of carbonyl (C=O) groups is 8. The largest absolute Gasteiger partial charge is 0.444 e. The van der Waals surface area contributed by atoms with Gasteiger partial charge in [-0.1, -0.05) is 11.8 Å². The van der Waals surface area contributed by atoms with Gasteiger partial charge < -0.3 is 20.1 Å². The Morgan fingerprint density at radius 3 is 1.24 bits per heavy atom. The highest BCUT2D eigenvalue weighted by Gasteiger charge is 2.44. The summed E-state index contributed by atoms with van der Waals surface area (Å²) in [6, 6.07) is 8.53. The SMILES string of the molecule is CC(C)(C)OC(=O)NCC(=O)C1C(=O)c2ccc(C#Cc3ccc4c(c3)C(=O)C(C(=O)CNC(=O)OC(C)(C)C)C4=O)cc2C1=O. The molecule has 2 N–H and O–H groups in total. The van der Waals surface area contributed by atoms with Crippen molar-refractivity contribution in [1.29, 1.82) is 0 Å². The van der Waals surface area contributed by atoms with Crippen molar-refractivity contribution < 1.29 is 47.8 Å². The van der Waals surface area contributed by atoms with Gasteiger partial charge in [0.2, 0.25) is 0 Å². The summed E-state index contributed by atoms with van der Waals surface area (Å²) in [6.07, 6.45) is -1.72. The van der Waals surface area contributed by atoms with E-state index in [0.29, 0.717) is 11.1 Å². The third-order valence-corrected chi connectivity index (χ3v) is 6.76. The lowest BCUT2D eigenvalue weighted by Crippen LogP contribution is -2.39. The number of amides is 2. The highest BCUT2D eigenvalue weighted by atomic mass is 16.6. The minimum Gasteiger partial charge on any atom is -0.444 e. The van der Waals surface area contributed by atoms with E-state index in [2.05, 4.69) is 22.5 Å². The summed E-state index contributed by atoms with van der Waals surface area (Å²) in [4.78, 5) is 101. The summed E-state index contributed by atoms with van der Waals surface area (Å²) in [5, 5.41) is 4.52. The van der Waals surface area contributed by atoms with Crippen molar-refractivity contribution in [3.05, 3.63) is 69.8 Å². The minimum absolute atomic E-state index is 0.0171. The van der Waals surface area contributed by atoms with Crippen molar-refractivity contribution in [1.82, 2.24) is 10.6 Å². The van der Waals surface area contributed by atoms with Gasteiger partial charge >= 0.3 is 12.2 Å². The molecule has 0 fully saturated rings. The Kier molecular flexibility index (Phi) is 9.10. The fourth-order valence-electron chi connectivity index (χ4n) is 4.82. The van der Waals surface area contributed by atoms with Gasteiger partial charge in [0.15, 0.2) is 34.7 Å². The van der Waals surface area contributed by atoms with E-state index >= 15 is 0 Å². The second-order valence-corrected chi connectivity index (χ2v) is 12.7. The molecule has 0 radical (unpaired) electrons. The fraction of sp³-hybridized carbons (Fsp3) is 0.353. The first-order valence-corrected chi connectivity index (χ1v) is 14.3. The molecule has 2 unspecified atom stereocenters. The number of hydrogen-bond donors (Lipinski definition) is 2. The quantitative estimate of drug-likeness (QED) is 0.356. The van der Waals surface area contributed by atoms with E-state index in [1.54, 1.807) is 41.5 Å². The number of fused-ring (bicyclic) bond motifs is 2. The smallest absolute Gasteiger partial charge is 0.408 e. The molecule has 0 spiro atoms. The molecule has 0 bridgehead atoms. The van der Waals surface area contributed by atoms with Crippen LogP contribution in [0.4, 0.5) is 9.59 Å². The average Bonchev–Trinajstić information content (AvgIpc) is 3.35. The Morgan fingerprint density at radius 1 is 0.587 bits per heavy atom. The van der Waals surface area contributed by atoms with E-state index in [9.17, 15) is 38.4 Å². The maximum atomic E-state index is 13.0. The number of Topliss-reactive ketones (excluding diaryl/α,β-unsaturated/α-hetero) is 6. The van der Waals surface area contributed by atoms with Gasteiger partial charge in [-0.15, -0.1) is 0 Å². The van der Waals surface area contributed by atoms with Crippen LogP contribution in [0.5, 0.6) is 0 Å². The van der Waals surface area contributed by atoms with Crippen LogP contribution in [-0.4, -0.2) is 71.2 Å². The third kappa shape index (κ3) is 7.43. The number of hydrogen-bond acceptors (Lipinski definition) is 10. The molecule has 2 aromatic carbocycles.